The number of ether oxygens (including phenoxy) is 1. The molecule has 0 spiro atoms. The molecule has 4 N–H and O–H groups in total. The van der Waals surface area contributed by atoms with Crippen molar-refractivity contribution in [1.82, 2.24) is 5.32 Å². The zero-order valence-corrected chi connectivity index (χ0v) is 29.7. The first-order chi connectivity index (χ1) is 22.4. The van der Waals surface area contributed by atoms with Gasteiger partial charge in [-0.05, 0) is 90.0 Å². The molecule has 2 atom stereocenters. The van der Waals surface area contributed by atoms with Crippen LogP contribution in [-0.4, -0.2) is 41.6 Å². The minimum Gasteiger partial charge on any atom is -0.480 e. The van der Waals surface area contributed by atoms with Gasteiger partial charge in [0.2, 0.25) is 5.91 Å². The van der Waals surface area contributed by atoms with Crippen LogP contribution in [0.4, 0.5) is 0 Å². The second-order valence-corrected chi connectivity index (χ2v) is 12.6. The van der Waals surface area contributed by atoms with Crippen LogP contribution in [0.5, 0.6) is 0 Å². The summed E-state index contributed by atoms with van der Waals surface area (Å²) in [6.45, 7) is 4.76. The number of hydrogen-bond acceptors (Lipinski definition) is 5. The Hall–Kier alpha value is -2.41. The Morgan fingerprint density at radius 2 is 1.17 bits per heavy atom. The van der Waals surface area contributed by atoms with Gasteiger partial charge in [0, 0.05) is 12.8 Å². The summed E-state index contributed by atoms with van der Waals surface area (Å²) in [5.74, 6) is -1.35. The van der Waals surface area contributed by atoms with Gasteiger partial charge in [0.15, 0.2) is 0 Å². The van der Waals surface area contributed by atoms with Crippen LogP contribution in [0.2, 0.25) is 0 Å². The molecule has 0 bridgehead atoms. The van der Waals surface area contributed by atoms with E-state index in [2.05, 4.69) is 55.6 Å². The number of rotatable bonds is 33. The Morgan fingerprint density at radius 3 is 1.76 bits per heavy atom. The number of esters is 1. The fourth-order valence-corrected chi connectivity index (χ4v) is 5.39. The van der Waals surface area contributed by atoms with Crippen LogP contribution in [0.1, 0.15) is 174 Å². The van der Waals surface area contributed by atoms with Crippen molar-refractivity contribution in [2.45, 2.75) is 187 Å². The van der Waals surface area contributed by atoms with Crippen LogP contribution >= 0.6 is 0 Å². The van der Waals surface area contributed by atoms with E-state index in [4.69, 9.17) is 10.5 Å². The molecule has 0 aliphatic rings. The van der Waals surface area contributed by atoms with E-state index in [0.29, 0.717) is 38.6 Å². The van der Waals surface area contributed by atoms with Gasteiger partial charge < -0.3 is 20.9 Å². The lowest BCUT2D eigenvalue weighted by atomic mass is 10.0. The topological polar surface area (TPSA) is 119 Å². The average Bonchev–Trinajstić information content (AvgIpc) is 3.03. The molecule has 2 unspecified atom stereocenters. The van der Waals surface area contributed by atoms with Crippen LogP contribution < -0.4 is 11.1 Å². The van der Waals surface area contributed by atoms with E-state index in [0.717, 1.165) is 70.6 Å². The third-order valence-corrected chi connectivity index (χ3v) is 8.19. The van der Waals surface area contributed by atoms with Crippen molar-refractivity contribution in [3.63, 3.8) is 0 Å². The Balaban J connectivity index is 3.78. The summed E-state index contributed by atoms with van der Waals surface area (Å²) in [7, 11) is 0. The van der Waals surface area contributed by atoms with Gasteiger partial charge in [-0.15, -0.1) is 0 Å². The molecule has 0 aromatic rings. The lowest BCUT2D eigenvalue weighted by molar-refractivity contribution is -0.150. The highest BCUT2D eigenvalue weighted by Gasteiger charge is 2.19. The number of carboxylic acids is 1. The van der Waals surface area contributed by atoms with E-state index in [9.17, 15) is 19.5 Å². The van der Waals surface area contributed by atoms with E-state index in [1.54, 1.807) is 0 Å². The SMILES string of the molecule is CCCCCCC/C=C\C/C=C\C/C=C\CCCCCCCCC(=O)OC(CCC)CCCCCC(=O)NC(CCCN)C(=O)O. The molecule has 0 heterocycles. The van der Waals surface area contributed by atoms with E-state index in [1.165, 1.54) is 57.8 Å². The van der Waals surface area contributed by atoms with Crippen molar-refractivity contribution < 1.29 is 24.2 Å². The summed E-state index contributed by atoms with van der Waals surface area (Å²) in [6, 6.07) is -0.873. The Labute approximate surface area is 282 Å². The number of hydrogen-bond donors (Lipinski definition) is 3. The fraction of sp³-hybridized carbons (Fsp3) is 0.769. The number of unbranched alkanes of at least 4 members (excludes halogenated alkanes) is 13. The highest BCUT2D eigenvalue weighted by molar-refractivity contribution is 5.83. The maximum Gasteiger partial charge on any atom is 0.326 e. The number of allylic oxidation sites excluding steroid dienone is 6. The van der Waals surface area contributed by atoms with Crippen LogP contribution in [0.15, 0.2) is 36.5 Å². The molecule has 0 aliphatic carbocycles. The minimum atomic E-state index is -1.02. The zero-order chi connectivity index (χ0) is 33.9. The van der Waals surface area contributed by atoms with Gasteiger partial charge in [0.05, 0.1) is 0 Å². The third-order valence-electron chi connectivity index (χ3n) is 8.19. The summed E-state index contributed by atoms with van der Waals surface area (Å²) >= 11 is 0. The molecule has 0 fully saturated rings. The van der Waals surface area contributed by atoms with Gasteiger partial charge >= 0.3 is 11.9 Å². The van der Waals surface area contributed by atoms with Crippen LogP contribution in [0, 0.1) is 0 Å². The molecular formula is C39H70N2O5. The van der Waals surface area contributed by atoms with Crippen LogP contribution in [0.3, 0.4) is 0 Å². The third kappa shape index (κ3) is 30.3. The normalized spacial score (nSPS) is 13.1. The molecule has 7 nitrogen and oxygen atoms in total. The molecule has 7 heteroatoms. The first kappa shape index (κ1) is 43.6. The number of carbonyl (C=O) groups excluding carboxylic acids is 2. The number of nitrogens with two attached hydrogens (primary N) is 1. The van der Waals surface area contributed by atoms with Gasteiger partial charge in [-0.2, -0.15) is 0 Å². The zero-order valence-electron chi connectivity index (χ0n) is 29.7. The van der Waals surface area contributed by atoms with Gasteiger partial charge in [-0.3, -0.25) is 9.59 Å². The summed E-state index contributed by atoms with van der Waals surface area (Å²) in [5.41, 5.74) is 5.44. The molecule has 0 rings (SSSR count). The summed E-state index contributed by atoms with van der Waals surface area (Å²) in [6.07, 6.45) is 38.3. The smallest absolute Gasteiger partial charge is 0.326 e. The molecule has 0 radical (unpaired) electrons. The molecule has 0 aromatic heterocycles. The highest BCUT2D eigenvalue weighted by Crippen LogP contribution is 2.16. The standard InChI is InChI=1S/C39H70N2O5/c1-3-5-6-7-8-9-10-11-12-13-14-15-16-17-18-19-20-21-22-23-27-33-38(43)46-35(29-4-2)30-25-24-26-32-37(42)41-36(39(44)45)31-28-34-40/h10-11,13-14,16-17,35-36H,3-9,12,15,18-34,40H2,1-2H3,(H,41,42)(H,44,45)/b11-10-,14-13-,17-16-. The van der Waals surface area contributed by atoms with Crippen molar-refractivity contribution in [2.24, 2.45) is 5.73 Å². The van der Waals surface area contributed by atoms with Gasteiger partial charge in [0.1, 0.15) is 12.1 Å². The molecule has 0 saturated heterocycles. The summed E-state index contributed by atoms with van der Waals surface area (Å²) < 4.78 is 5.77. The number of carbonyl (C=O) groups is 3. The Bertz CT molecular complexity index is 823. The lowest BCUT2D eigenvalue weighted by Crippen LogP contribution is -2.40. The molecular weight excluding hydrogens is 576 g/mol. The average molecular weight is 647 g/mol. The number of aliphatic carboxylic acids is 1. The maximum absolute atomic E-state index is 12.4. The number of carboxylic acid groups (broad SMARTS) is 1. The predicted octanol–water partition coefficient (Wildman–Crippen LogP) is 9.89. The summed E-state index contributed by atoms with van der Waals surface area (Å²) in [5, 5.41) is 11.8. The van der Waals surface area contributed by atoms with Crippen LogP contribution in [0.25, 0.3) is 0 Å². The van der Waals surface area contributed by atoms with Gasteiger partial charge in [-0.25, -0.2) is 4.79 Å². The van der Waals surface area contributed by atoms with Crippen molar-refractivity contribution in [2.75, 3.05) is 6.54 Å². The second-order valence-electron chi connectivity index (χ2n) is 12.6. The van der Waals surface area contributed by atoms with Crippen LogP contribution in [-0.2, 0) is 19.1 Å². The van der Waals surface area contributed by atoms with Gasteiger partial charge in [0.25, 0.3) is 0 Å². The van der Waals surface area contributed by atoms with Crippen molar-refractivity contribution >= 4 is 17.8 Å². The molecule has 0 aliphatic heterocycles. The predicted molar refractivity (Wildman–Crippen MR) is 193 cm³/mol. The Kier molecular flexibility index (Phi) is 32.2. The number of nitrogens with one attached hydrogen (secondary N) is 1. The largest absolute Gasteiger partial charge is 0.480 e. The van der Waals surface area contributed by atoms with E-state index >= 15 is 0 Å². The molecule has 0 saturated carbocycles. The number of amides is 1. The molecule has 46 heavy (non-hydrogen) atoms. The van der Waals surface area contributed by atoms with E-state index < -0.39 is 12.0 Å². The maximum atomic E-state index is 12.4. The van der Waals surface area contributed by atoms with Crippen molar-refractivity contribution in [1.29, 1.82) is 0 Å². The quantitative estimate of drug-likeness (QED) is 0.0371. The van der Waals surface area contributed by atoms with Gasteiger partial charge in [-0.1, -0.05) is 115 Å². The lowest BCUT2D eigenvalue weighted by Gasteiger charge is -2.17. The first-order valence-corrected chi connectivity index (χ1v) is 18.8. The second kappa shape index (κ2) is 33.9. The first-order valence-electron chi connectivity index (χ1n) is 18.8. The summed E-state index contributed by atoms with van der Waals surface area (Å²) in [4.78, 5) is 35.8. The highest BCUT2D eigenvalue weighted by atomic mass is 16.5. The minimum absolute atomic E-state index is 0.0609. The molecule has 266 valence electrons. The van der Waals surface area contributed by atoms with Crippen molar-refractivity contribution in [3.05, 3.63) is 36.5 Å². The monoisotopic (exact) mass is 647 g/mol. The fourth-order valence-electron chi connectivity index (χ4n) is 5.39. The van der Waals surface area contributed by atoms with E-state index in [-0.39, 0.29) is 18.0 Å². The molecule has 0 aromatic carbocycles. The van der Waals surface area contributed by atoms with E-state index in [1.807, 2.05) is 0 Å². The van der Waals surface area contributed by atoms with Crippen molar-refractivity contribution in [3.8, 4) is 0 Å². The molecule has 1 amide bonds. The Morgan fingerprint density at radius 1 is 0.630 bits per heavy atom.